The molecule has 0 fully saturated rings. The number of hydrogen-bond acceptors (Lipinski definition) is 5. The summed E-state index contributed by atoms with van der Waals surface area (Å²) in [6.45, 7) is -0.160. The third-order valence-electron chi connectivity index (χ3n) is 4.99. The molecule has 2 heterocycles. The number of nitrogens with one attached hydrogen (secondary N) is 1. The number of thioether (sulfide) groups is 1. The number of aromatic nitrogens is 4. The number of imidazole rings is 2. The minimum absolute atomic E-state index is 0.0920. The fourth-order valence-corrected chi connectivity index (χ4v) is 4.08. The van der Waals surface area contributed by atoms with Crippen LogP contribution in [-0.4, -0.2) is 37.9 Å². The molecule has 0 unspecified atom stereocenters. The Kier molecular flexibility index (Phi) is 6.40. The van der Waals surface area contributed by atoms with Crippen LogP contribution < -0.4 is 10.1 Å². The summed E-state index contributed by atoms with van der Waals surface area (Å²) in [6, 6.07) is 13.8. The molecule has 0 saturated carbocycles. The zero-order valence-electron chi connectivity index (χ0n) is 17.4. The van der Waals surface area contributed by atoms with Gasteiger partial charge in [0.2, 0.25) is 5.91 Å². The highest BCUT2D eigenvalue weighted by molar-refractivity contribution is 7.99. The van der Waals surface area contributed by atoms with E-state index in [4.69, 9.17) is 4.74 Å². The largest absolute Gasteiger partial charge is 0.497 e. The van der Waals surface area contributed by atoms with Crippen molar-refractivity contribution in [1.82, 2.24) is 24.4 Å². The van der Waals surface area contributed by atoms with E-state index in [-0.39, 0.29) is 17.6 Å². The van der Waals surface area contributed by atoms with Gasteiger partial charge in [-0.25, -0.2) is 9.97 Å². The second kappa shape index (κ2) is 9.39. The molecule has 32 heavy (non-hydrogen) atoms. The summed E-state index contributed by atoms with van der Waals surface area (Å²) in [6.07, 6.45) is 3.44. The van der Waals surface area contributed by atoms with Crippen molar-refractivity contribution < 1.29 is 18.3 Å². The molecule has 1 amide bonds. The second-order valence-electron chi connectivity index (χ2n) is 7.02. The average Bonchev–Trinajstić information content (AvgIpc) is 3.35. The van der Waals surface area contributed by atoms with E-state index in [1.807, 2.05) is 23.7 Å². The molecule has 10 heteroatoms. The van der Waals surface area contributed by atoms with E-state index in [1.54, 1.807) is 55.9 Å². The molecular formula is C22H21F2N5O2S. The Bertz CT molecular complexity index is 1220. The first kappa shape index (κ1) is 21.8. The van der Waals surface area contributed by atoms with E-state index in [2.05, 4.69) is 15.3 Å². The molecule has 0 bridgehead atoms. The lowest BCUT2D eigenvalue weighted by Crippen LogP contribution is -2.33. The summed E-state index contributed by atoms with van der Waals surface area (Å²) >= 11 is 0.321. The van der Waals surface area contributed by atoms with Crippen LogP contribution in [0.2, 0.25) is 0 Å². The standard InChI is InChI=1S/C22H21F2N5O2S/c1-28-12-11-25-20(28)19(14-7-9-15(31-2)10-8-14)27-18(30)13-29-17-6-4-3-5-16(17)26-22(29)32-21(23)24/h3-12,19,21H,13H2,1-2H3,(H,27,30)/t19-/m1/s1. The van der Waals surface area contributed by atoms with Crippen LogP contribution in [0.1, 0.15) is 17.4 Å². The number of methoxy groups -OCH3 is 1. The summed E-state index contributed by atoms with van der Waals surface area (Å²) in [5.41, 5.74) is 1.98. The number of fused-ring (bicyclic) bond motifs is 1. The first-order valence-corrected chi connectivity index (χ1v) is 10.6. The lowest BCUT2D eigenvalue weighted by Gasteiger charge is -2.20. The predicted octanol–water partition coefficient (Wildman–Crippen LogP) is 4.00. The second-order valence-corrected chi connectivity index (χ2v) is 7.97. The van der Waals surface area contributed by atoms with E-state index in [0.29, 0.717) is 34.4 Å². The number of para-hydroxylation sites is 2. The summed E-state index contributed by atoms with van der Waals surface area (Å²) in [4.78, 5) is 21.7. The molecule has 4 aromatic rings. The molecule has 0 saturated heterocycles. The molecule has 7 nitrogen and oxygen atoms in total. The molecule has 1 atom stereocenters. The van der Waals surface area contributed by atoms with Gasteiger partial charge in [0.25, 0.3) is 5.76 Å². The van der Waals surface area contributed by atoms with Gasteiger partial charge in [0.05, 0.1) is 18.1 Å². The van der Waals surface area contributed by atoms with Crippen LogP contribution >= 0.6 is 11.8 Å². The van der Waals surface area contributed by atoms with Crippen LogP contribution in [0.3, 0.4) is 0 Å². The summed E-state index contributed by atoms with van der Waals surface area (Å²) in [5.74, 6) is -1.67. The molecule has 0 spiro atoms. The third-order valence-corrected chi connectivity index (χ3v) is 5.69. The number of aryl methyl sites for hydroxylation is 1. The molecule has 2 aromatic heterocycles. The molecule has 2 aromatic carbocycles. The fraction of sp³-hybridized carbons (Fsp3) is 0.227. The number of hydrogen-bond donors (Lipinski definition) is 1. The Hall–Kier alpha value is -3.40. The minimum Gasteiger partial charge on any atom is -0.497 e. The Morgan fingerprint density at radius 2 is 1.94 bits per heavy atom. The molecular weight excluding hydrogens is 436 g/mol. The maximum atomic E-state index is 13.1. The van der Waals surface area contributed by atoms with Gasteiger partial charge in [-0.1, -0.05) is 24.3 Å². The van der Waals surface area contributed by atoms with Gasteiger partial charge in [-0.2, -0.15) is 8.78 Å². The van der Waals surface area contributed by atoms with Crippen LogP contribution in [0.15, 0.2) is 66.1 Å². The van der Waals surface area contributed by atoms with Gasteiger partial charge in [0.1, 0.15) is 24.2 Å². The highest BCUT2D eigenvalue weighted by Gasteiger charge is 2.23. The lowest BCUT2D eigenvalue weighted by molar-refractivity contribution is -0.122. The number of nitrogens with zero attached hydrogens (tertiary/aromatic N) is 4. The number of ether oxygens (including phenoxy) is 1. The van der Waals surface area contributed by atoms with E-state index in [9.17, 15) is 13.6 Å². The first-order chi connectivity index (χ1) is 15.5. The molecule has 166 valence electrons. The van der Waals surface area contributed by atoms with Gasteiger partial charge in [-0.3, -0.25) is 4.79 Å². The van der Waals surface area contributed by atoms with Gasteiger partial charge in [0.15, 0.2) is 5.16 Å². The van der Waals surface area contributed by atoms with E-state index in [1.165, 1.54) is 4.57 Å². The van der Waals surface area contributed by atoms with Crippen LogP contribution in [-0.2, 0) is 18.4 Å². The number of halogens is 2. The van der Waals surface area contributed by atoms with Gasteiger partial charge < -0.3 is 19.2 Å². The number of benzene rings is 2. The molecule has 0 aliphatic carbocycles. The average molecular weight is 458 g/mol. The van der Waals surface area contributed by atoms with Gasteiger partial charge in [-0.15, -0.1) is 0 Å². The fourth-order valence-electron chi connectivity index (χ4n) is 3.47. The van der Waals surface area contributed by atoms with Crippen molar-refractivity contribution in [2.45, 2.75) is 23.5 Å². The van der Waals surface area contributed by atoms with Crippen LogP contribution in [0.4, 0.5) is 8.78 Å². The molecule has 0 aliphatic rings. The van der Waals surface area contributed by atoms with Crippen LogP contribution in [0, 0.1) is 0 Å². The van der Waals surface area contributed by atoms with E-state index < -0.39 is 11.8 Å². The Morgan fingerprint density at radius 1 is 1.19 bits per heavy atom. The number of alkyl halides is 2. The van der Waals surface area contributed by atoms with Crippen molar-refractivity contribution in [3.05, 3.63) is 72.3 Å². The van der Waals surface area contributed by atoms with Crippen molar-refractivity contribution in [2.24, 2.45) is 7.05 Å². The summed E-state index contributed by atoms with van der Waals surface area (Å²) in [5, 5.41) is 3.08. The molecule has 4 rings (SSSR count). The third kappa shape index (κ3) is 4.59. The number of rotatable bonds is 8. The number of carbonyl (C=O) groups excluding carboxylic acids is 1. The predicted molar refractivity (Wildman–Crippen MR) is 118 cm³/mol. The molecule has 1 N–H and O–H groups in total. The molecule has 0 radical (unpaired) electrons. The normalized spacial score (nSPS) is 12.3. The van der Waals surface area contributed by atoms with Crippen molar-refractivity contribution in [1.29, 1.82) is 0 Å². The van der Waals surface area contributed by atoms with Crippen molar-refractivity contribution in [2.75, 3.05) is 7.11 Å². The smallest absolute Gasteiger partial charge is 0.291 e. The maximum absolute atomic E-state index is 13.1. The van der Waals surface area contributed by atoms with Crippen LogP contribution in [0.25, 0.3) is 11.0 Å². The van der Waals surface area contributed by atoms with Gasteiger partial charge >= 0.3 is 0 Å². The van der Waals surface area contributed by atoms with E-state index in [0.717, 1.165) is 5.56 Å². The maximum Gasteiger partial charge on any atom is 0.291 e. The Labute approximate surface area is 187 Å². The number of carbonyl (C=O) groups is 1. The summed E-state index contributed by atoms with van der Waals surface area (Å²) in [7, 11) is 3.42. The minimum atomic E-state index is -2.65. The first-order valence-electron chi connectivity index (χ1n) is 9.77. The Morgan fingerprint density at radius 3 is 2.59 bits per heavy atom. The SMILES string of the molecule is COc1ccc([C@@H](NC(=O)Cn2c(SC(F)F)nc3ccccc32)c2nccn2C)cc1. The zero-order valence-corrected chi connectivity index (χ0v) is 18.2. The molecule has 0 aliphatic heterocycles. The lowest BCUT2D eigenvalue weighted by atomic mass is 10.1. The van der Waals surface area contributed by atoms with Crippen LogP contribution in [0.5, 0.6) is 5.75 Å². The highest BCUT2D eigenvalue weighted by Crippen LogP contribution is 2.29. The van der Waals surface area contributed by atoms with E-state index >= 15 is 0 Å². The quantitative estimate of drug-likeness (QED) is 0.405. The zero-order chi connectivity index (χ0) is 22.7. The monoisotopic (exact) mass is 457 g/mol. The Balaban J connectivity index is 1.64. The van der Waals surface area contributed by atoms with Crippen molar-refractivity contribution in [3.63, 3.8) is 0 Å². The van der Waals surface area contributed by atoms with Crippen molar-refractivity contribution >= 4 is 28.7 Å². The topological polar surface area (TPSA) is 74.0 Å². The number of amides is 1. The highest BCUT2D eigenvalue weighted by atomic mass is 32.2. The van der Waals surface area contributed by atoms with Gasteiger partial charge in [0, 0.05) is 19.4 Å². The van der Waals surface area contributed by atoms with Gasteiger partial charge in [-0.05, 0) is 41.6 Å². The van der Waals surface area contributed by atoms with Crippen molar-refractivity contribution in [3.8, 4) is 5.75 Å². The summed E-state index contributed by atoms with van der Waals surface area (Å²) < 4.78 is 34.7.